The molecule has 1 aliphatic heterocycles. The first kappa shape index (κ1) is 14.0. The molecule has 4 nitrogen and oxygen atoms in total. The summed E-state index contributed by atoms with van der Waals surface area (Å²) in [5.74, 6) is 0.253. The molecule has 1 amide bonds. The van der Waals surface area contributed by atoms with E-state index in [9.17, 15) is 4.79 Å². The van der Waals surface area contributed by atoms with Crippen molar-refractivity contribution < 1.29 is 9.53 Å². The van der Waals surface area contributed by atoms with E-state index in [2.05, 4.69) is 34.0 Å². The molecule has 0 radical (unpaired) electrons. The quantitative estimate of drug-likeness (QED) is 0.907. The first-order valence-corrected chi connectivity index (χ1v) is 8.40. The fraction of sp³-hybridized carbons (Fsp3) is 0.667. The third-order valence-electron chi connectivity index (χ3n) is 4.32. The summed E-state index contributed by atoms with van der Waals surface area (Å²) in [7, 11) is 0. The third kappa shape index (κ3) is 2.38. The van der Waals surface area contributed by atoms with Crippen molar-refractivity contribution in [2.45, 2.75) is 57.5 Å². The minimum absolute atomic E-state index is 0.0361. The predicted molar refractivity (Wildman–Crippen MR) is 79.6 cm³/mol. The lowest BCUT2D eigenvalue weighted by Gasteiger charge is -2.43. The van der Waals surface area contributed by atoms with Gasteiger partial charge in [-0.2, -0.15) is 11.3 Å². The summed E-state index contributed by atoms with van der Waals surface area (Å²) in [5, 5.41) is 7.69. The van der Waals surface area contributed by atoms with Gasteiger partial charge in [0.05, 0.1) is 12.1 Å². The van der Waals surface area contributed by atoms with E-state index in [1.807, 2.05) is 6.92 Å². The summed E-state index contributed by atoms with van der Waals surface area (Å²) in [6, 6.07) is 2.40. The number of ether oxygens (including phenoxy) is 1. The van der Waals surface area contributed by atoms with Gasteiger partial charge in [0.1, 0.15) is 6.17 Å². The predicted octanol–water partition coefficient (Wildman–Crippen LogP) is 2.52. The summed E-state index contributed by atoms with van der Waals surface area (Å²) < 4.78 is 5.63. The lowest BCUT2D eigenvalue weighted by Crippen LogP contribution is -2.50. The molecule has 2 unspecified atom stereocenters. The molecule has 1 aliphatic carbocycles. The van der Waals surface area contributed by atoms with E-state index in [1.54, 1.807) is 11.3 Å². The number of nitrogens with zero attached hydrogens (tertiary/aromatic N) is 1. The third-order valence-corrected chi connectivity index (χ3v) is 5.02. The second-order valence-electron chi connectivity index (χ2n) is 5.53. The van der Waals surface area contributed by atoms with E-state index in [-0.39, 0.29) is 18.1 Å². The van der Waals surface area contributed by atoms with Crippen LogP contribution in [0.1, 0.15) is 44.8 Å². The van der Waals surface area contributed by atoms with Crippen LogP contribution in [0.3, 0.4) is 0 Å². The molecule has 1 N–H and O–H groups in total. The number of amides is 1. The van der Waals surface area contributed by atoms with Gasteiger partial charge in [0.25, 0.3) is 0 Å². The normalized spacial score (nSPS) is 33.5. The Morgan fingerprint density at radius 2 is 2.25 bits per heavy atom. The molecule has 0 spiro atoms. The van der Waals surface area contributed by atoms with Crippen molar-refractivity contribution in [2.75, 3.05) is 6.61 Å². The van der Waals surface area contributed by atoms with Crippen LogP contribution in [-0.2, 0) is 9.53 Å². The Hall–Kier alpha value is -0.910. The van der Waals surface area contributed by atoms with Gasteiger partial charge in [0.15, 0.2) is 0 Å². The molecule has 0 bridgehead atoms. The first-order valence-electron chi connectivity index (χ1n) is 7.46. The second kappa shape index (κ2) is 5.84. The molecule has 1 saturated heterocycles. The molecular weight excluding hydrogens is 272 g/mol. The Morgan fingerprint density at radius 3 is 2.85 bits per heavy atom. The number of hydrogen-bond acceptors (Lipinski definition) is 4. The number of hydrogen-bond donors (Lipinski definition) is 1. The van der Waals surface area contributed by atoms with E-state index in [0.717, 1.165) is 25.9 Å². The van der Waals surface area contributed by atoms with E-state index in [1.165, 1.54) is 5.56 Å². The fourth-order valence-corrected chi connectivity index (χ4v) is 3.84. The van der Waals surface area contributed by atoms with Gasteiger partial charge in [-0.15, -0.1) is 0 Å². The van der Waals surface area contributed by atoms with Crippen molar-refractivity contribution in [3.05, 3.63) is 22.4 Å². The van der Waals surface area contributed by atoms with E-state index in [0.29, 0.717) is 12.1 Å². The van der Waals surface area contributed by atoms with Crippen LogP contribution < -0.4 is 5.32 Å². The zero-order chi connectivity index (χ0) is 14.1. The molecule has 2 aliphatic rings. The van der Waals surface area contributed by atoms with E-state index < -0.39 is 0 Å². The number of carbonyl (C=O) groups is 1. The van der Waals surface area contributed by atoms with Gasteiger partial charge in [0, 0.05) is 12.6 Å². The Balaban J connectivity index is 1.74. The van der Waals surface area contributed by atoms with Crippen molar-refractivity contribution in [3.8, 4) is 0 Å². The molecule has 20 heavy (non-hydrogen) atoms. The number of thiophene rings is 1. The standard InChI is InChI=1S/C15H22N2O2S/c1-3-13-15(18)17(11-7-12(8-11)19-4-2)14(16-13)10-5-6-20-9-10/h5-6,9,11-14,16H,3-4,7-8H2,1-2H3. The Morgan fingerprint density at radius 1 is 1.45 bits per heavy atom. The average Bonchev–Trinajstić information content (AvgIpc) is 3.01. The summed E-state index contributed by atoms with van der Waals surface area (Å²) in [4.78, 5) is 14.6. The van der Waals surface area contributed by atoms with Gasteiger partial charge in [-0.3, -0.25) is 10.1 Å². The molecule has 2 atom stereocenters. The second-order valence-corrected chi connectivity index (χ2v) is 6.31. The molecule has 5 heteroatoms. The maximum atomic E-state index is 12.6. The van der Waals surface area contributed by atoms with Crippen molar-refractivity contribution in [3.63, 3.8) is 0 Å². The number of rotatable bonds is 5. The zero-order valence-corrected chi connectivity index (χ0v) is 12.9. The highest BCUT2D eigenvalue weighted by molar-refractivity contribution is 7.07. The molecule has 1 aromatic rings. The summed E-state index contributed by atoms with van der Waals surface area (Å²) >= 11 is 1.68. The van der Waals surface area contributed by atoms with Crippen LogP contribution in [0.5, 0.6) is 0 Å². The highest BCUT2D eigenvalue weighted by Crippen LogP contribution is 2.37. The highest BCUT2D eigenvalue weighted by atomic mass is 32.1. The van der Waals surface area contributed by atoms with Gasteiger partial charge in [-0.25, -0.2) is 0 Å². The van der Waals surface area contributed by atoms with Crippen molar-refractivity contribution in [2.24, 2.45) is 0 Å². The van der Waals surface area contributed by atoms with E-state index in [4.69, 9.17) is 4.74 Å². The monoisotopic (exact) mass is 294 g/mol. The lowest BCUT2D eigenvalue weighted by atomic mass is 9.87. The summed E-state index contributed by atoms with van der Waals surface area (Å²) in [6.07, 6.45) is 3.17. The zero-order valence-electron chi connectivity index (χ0n) is 12.0. The van der Waals surface area contributed by atoms with Crippen molar-refractivity contribution in [1.29, 1.82) is 0 Å². The minimum atomic E-state index is -0.0361. The van der Waals surface area contributed by atoms with Crippen LogP contribution in [0.4, 0.5) is 0 Å². The Bertz CT molecular complexity index is 456. The molecule has 2 fully saturated rings. The van der Waals surface area contributed by atoms with Gasteiger partial charge < -0.3 is 9.64 Å². The Labute approximate surface area is 124 Å². The van der Waals surface area contributed by atoms with Crippen LogP contribution in [0, 0.1) is 0 Å². The number of carbonyl (C=O) groups excluding carboxylic acids is 1. The van der Waals surface area contributed by atoms with Crippen LogP contribution in [0.25, 0.3) is 0 Å². The van der Waals surface area contributed by atoms with Crippen molar-refractivity contribution >= 4 is 17.2 Å². The lowest BCUT2D eigenvalue weighted by molar-refractivity contribution is -0.138. The van der Waals surface area contributed by atoms with Crippen LogP contribution in [0.2, 0.25) is 0 Å². The minimum Gasteiger partial charge on any atom is -0.378 e. The number of nitrogens with one attached hydrogen (secondary N) is 1. The molecule has 0 aromatic carbocycles. The molecule has 1 saturated carbocycles. The average molecular weight is 294 g/mol. The molecular formula is C15H22N2O2S. The van der Waals surface area contributed by atoms with Crippen molar-refractivity contribution in [1.82, 2.24) is 10.2 Å². The van der Waals surface area contributed by atoms with Crippen LogP contribution in [-0.4, -0.2) is 35.6 Å². The molecule has 110 valence electrons. The Kier molecular flexibility index (Phi) is 4.10. The molecule has 1 aromatic heterocycles. The van der Waals surface area contributed by atoms with Gasteiger partial charge >= 0.3 is 0 Å². The summed E-state index contributed by atoms with van der Waals surface area (Å²) in [5.41, 5.74) is 1.21. The fourth-order valence-electron chi connectivity index (χ4n) is 3.16. The first-order chi connectivity index (χ1) is 9.74. The molecule has 3 rings (SSSR count). The topological polar surface area (TPSA) is 41.6 Å². The molecule has 2 heterocycles. The largest absolute Gasteiger partial charge is 0.378 e. The smallest absolute Gasteiger partial charge is 0.241 e. The SMILES string of the molecule is CCOC1CC(N2C(=O)C(CC)NC2c2ccsc2)C1. The van der Waals surface area contributed by atoms with Crippen LogP contribution in [0.15, 0.2) is 16.8 Å². The summed E-state index contributed by atoms with van der Waals surface area (Å²) in [6.45, 7) is 4.85. The van der Waals surface area contributed by atoms with Gasteiger partial charge in [-0.1, -0.05) is 6.92 Å². The maximum absolute atomic E-state index is 12.6. The highest BCUT2D eigenvalue weighted by Gasteiger charge is 2.46. The van der Waals surface area contributed by atoms with Gasteiger partial charge in [0.2, 0.25) is 5.91 Å². The maximum Gasteiger partial charge on any atom is 0.241 e. The van der Waals surface area contributed by atoms with Gasteiger partial charge in [-0.05, 0) is 48.6 Å². The van der Waals surface area contributed by atoms with Crippen LogP contribution >= 0.6 is 11.3 Å². The van der Waals surface area contributed by atoms with E-state index >= 15 is 0 Å².